The predicted molar refractivity (Wildman–Crippen MR) is 133 cm³/mol. The number of thiazole rings is 1. The van der Waals surface area contributed by atoms with E-state index in [9.17, 15) is 13.2 Å². The molecule has 0 aliphatic carbocycles. The van der Waals surface area contributed by atoms with Crippen molar-refractivity contribution in [3.8, 4) is 0 Å². The molecule has 33 heavy (non-hydrogen) atoms. The molecule has 1 saturated heterocycles. The number of amides is 1. The van der Waals surface area contributed by atoms with Crippen molar-refractivity contribution in [2.75, 3.05) is 18.4 Å². The third-order valence-electron chi connectivity index (χ3n) is 5.64. The maximum Gasteiger partial charge on any atom is 0.243 e. The van der Waals surface area contributed by atoms with Crippen LogP contribution >= 0.6 is 34.5 Å². The van der Waals surface area contributed by atoms with Crippen LogP contribution < -0.4 is 5.32 Å². The number of hydrogen-bond donors (Lipinski definition) is 1. The molecular weight excluding hydrogens is 501 g/mol. The molecule has 0 atom stereocenters. The van der Waals surface area contributed by atoms with E-state index >= 15 is 0 Å². The first-order valence-corrected chi connectivity index (χ1v) is 13.5. The fourth-order valence-corrected chi connectivity index (χ4v) is 6.43. The highest BCUT2D eigenvalue weighted by atomic mass is 35.5. The van der Waals surface area contributed by atoms with E-state index in [1.165, 1.54) is 15.6 Å². The second-order valence-corrected chi connectivity index (χ2v) is 11.9. The van der Waals surface area contributed by atoms with Gasteiger partial charge in [0.05, 0.1) is 4.90 Å². The molecule has 0 radical (unpaired) electrons. The quantitative estimate of drug-likeness (QED) is 0.469. The Hall–Kier alpha value is -1.97. The Labute approximate surface area is 207 Å². The first-order valence-electron chi connectivity index (χ1n) is 10.5. The number of anilines is 1. The lowest BCUT2D eigenvalue weighted by Gasteiger charge is -2.30. The normalized spacial score (nSPS) is 15.5. The number of halogens is 2. The molecule has 1 aliphatic heterocycles. The average Bonchev–Trinajstić information content (AvgIpc) is 3.23. The van der Waals surface area contributed by atoms with Crippen LogP contribution in [0.4, 0.5) is 5.13 Å². The van der Waals surface area contributed by atoms with Crippen LogP contribution in [0.25, 0.3) is 0 Å². The van der Waals surface area contributed by atoms with Crippen molar-refractivity contribution in [2.45, 2.75) is 31.1 Å². The van der Waals surface area contributed by atoms with Crippen LogP contribution in [0.2, 0.25) is 10.0 Å². The lowest BCUT2D eigenvalue weighted by Crippen LogP contribution is -2.41. The summed E-state index contributed by atoms with van der Waals surface area (Å²) < 4.78 is 27.2. The van der Waals surface area contributed by atoms with Crippen LogP contribution in [0.15, 0.2) is 53.6 Å². The fourth-order valence-electron chi connectivity index (χ4n) is 3.74. The number of hydrogen-bond acceptors (Lipinski definition) is 5. The fraction of sp³-hybridized carbons (Fsp3) is 0.304. The Morgan fingerprint density at radius 3 is 2.55 bits per heavy atom. The van der Waals surface area contributed by atoms with Gasteiger partial charge in [0.15, 0.2) is 5.13 Å². The van der Waals surface area contributed by atoms with Crippen LogP contribution in [0.3, 0.4) is 0 Å². The van der Waals surface area contributed by atoms with Gasteiger partial charge in [0.1, 0.15) is 0 Å². The Morgan fingerprint density at radius 1 is 1.15 bits per heavy atom. The molecule has 2 heterocycles. The lowest BCUT2D eigenvalue weighted by atomic mass is 9.97. The van der Waals surface area contributed by atoms with E-state index in [1.807, 2.05) is 13.0 Å². The van der Waals surface area contributed by atoms with Crippen LogP contribution in [-0.4, -0.2) is 36.7 Å². The van der Waals surface area contributed by atoms with Crippen molar-refractivity contribution in [1.82, 2.24) is 9.29 Å². The molecule has 0 spiro atoms. The molecule has 6 nitrogen and oxygen atoms in total. The molecular formula is C23H23Cl2N3O3S2. The Bertz CT molecular complexity index is 1250. The highest BCUT2D eigenvalue weighted by Crippen LogP contribution is 2.29. The molecule has 10 heteroatoms. The third-order valence-corrected chi connectivity index (χ3v) is 9.07. The zero-order valence-corrected chi connectivity index (χ0v) is 21.1. The van der Waals surface area contributed by atoms with Gasteiger partial charge in [-0.1, -0.05) is 40.9 Å². The van der Waals surface area contributed by atoms with Crippen molar-refractivity contribution in [3.05, 3.63) is 74.7 Å². The highest BCUT2D eigenvalue weighted by Gasteiger charge is 2.32. The SMILES string of the molecule is Cc1ccc(S(=O)(=O)N2CCC(C(=O)Nc3ncc(Cc4cc(Cl)ccc4Cl)s3)CC2)cc1. The smallest absolute Gasteiger partial charge is 0.243 e. The summed E-state index contributed by atoms with van der Waals surface area (Å²) in [5.41, 5.74) is 1.90. The number of rotatable bonds is 6. The summed E-state index contributed by atoms with van der Waals surface area (Å²) in [6.45, 7) is 2.54. The number of aryl methyl sites for hydroxylation is 1. The van der Waals surface area contributed by atoms with Gasteiger partial charge >= 0.3 is 0 Å². The molecule has 1 aromatic heterocycles. The molecule has 1 N–H and O–H groups in total. The minimum Gasteiger partial charge on any atom is -0.302 e. The molecule has 1 amide bonds. The summed E-state index contributed by atoms with van der Waals surface area (Å²) in [5.74, 6) is -0.395. The number of nitrogens with zero attached hydrogens (tertiary/aromatic N) is 2. The van der Waals surface area contributed by atoms with Gasteiger partial charge in [0.2, 0.25) is 15.9 Å². The number of nitrogens with one attached hydrogen (secondary N) is 1. The molecule has 4 rings (SSSR count). The van der Waals surface area contributed by atoms with Gasteiger partial charge in [-0.05, 0) is 55.7 Å². The second-order valence-electron chi connectivity index (χ2n) is 8.02. The first-order chi connectivity index (χ1) is 15.7. The van der Waals surface area contributed by atoms with Gasteiger partial charge in [-0.25, -0.2) is 13.4 Å². The monoisotopic (exact) mass is 523 g/mol. The van der Waals surface area contributed by atoms with Gasteiger partial charge in [-0.2, -0.15) is 4.31 Å². The van der Waals surface area contributed by atoms with Gasteiger partial charge in [0, 0.05) is 46.5 Å². The highest BCUT2D eigenvalue weighted by molar-refractivity contribution is 7.89. The molecule has 0 unspecified atom stereocenters. The molecule has 174 valence electrons. The summed E-state index contributed by atoms with van der Waals surface area (Å²) in [7, 11) is -3.55. The Morgan fingerprint density at radius 2 is 1.85 bits per heavy atom. The minimum atomic E-state index is -3.55. The van der Waals surface area contributed by atoms with Crippen LogP contribution in [0, 0.1) is 12.8 Å². The van der Waals surface area contributed by atoms with E-state index in [2.05, 4.69) is 10.3 Å². The minimum absolute atomic E-state index is 0.135. The zero-order chi connectivity index (χ0) is 23.6. The van der Waals surface area contributed by atoms with Crippen molar-refractivity contribution < 1.29 is 13.2 Å². The topological polar surface area (TPSA) is 79.4 Å². The zero-order valence-electron chi connectivity index (χ0n) is 17.9. The number of benzene rings is 2. The summed E-state index contributed by atoms with van der Waals surface area (Å²) >= 11 is 13.7. The summed E-state index contributed by atoms with van der Waals surface area (Å²) in [6, 6.07) is 12.1. The van der Waals surface area contributed by atoms with Crippen molar-refractivity contribution in [1.29, 1.82) is 0 Å². The lowest BCUT2D eigenvalue weighted by molar-refractivity contribution is -0.120. The van der Waals surface area contributed by atoms with E-state index in [0.29, 0.717) is 47.5 Å². The van der Waals surface area contributed by atoms with Gasteiger partial charge < -0.3 is 5.32 Å². The number of aromatic nitrogens is 1. The standard InChI is InChI=1S/C23H23Cl2N3O3S2/c1-15-2-5-20(6-3-15)33(30,31)28-10-8-16(9-11-28)22(29)27-23-26-14-19(32-23)13-17-12-18(24)4-7-21(17)25/h2-7,12,14,16H,8-11,13H2,1H3,(H,26,27,29). The maximum atomic E-state index is 12.9. The van der Waals surface area contributed by atoms with Crippen molar-refractivity contribution in [2.24, 2.45) is 5.92 Å². The number of piperidine rings is 1. The van der Waals surface area contributed by atoms with E-state index < -0.39 is 10.0 Å². The molecule has 1 aliphatic rings. The maximum absolute atomic E-state index is 12.9. The second kappa shape index (κ2) is 10.1. The van der Waals surface area contributed by atoms with Crippen molar-refractivity contribution >= 4 is 55.6 Å². The summed E-state index contributed by atoms with van der Waals surface area (Å²) in [4.78, 5) is 18.3. The summed E-state index contributed by atoms with van der Waals surface area (Å²) in [6.07, 6.45) is 3.22. The van der Waals surface area contributed by atoms with Crippen LogP contribution in [0.5, 0.6) is 0 Å². The molecule has 1 fully saturated rings. The van der Waals surface area contributed by atoms with E-state index in [0.717, 1.165) is 16.0 Å². The molecule has 0 bridgehead atoms. The predicted octanol–water partition coefficient (Wildman–Crippen LogP) is 5.39. The number of carbonyl (C=O) groups is 1. The Balaban J connectivity index is 1.33. The van der Waals surface area contributed by atoms with E-state index in [4.69, 9.17) is 23.2 Å². The van der Waals surface area contributed by atoms with Crippen LogP contribution in [-0.2, 0) is 21.2 Å². The molecule has 2 aromatic carbocycles. The molecule has 0 saturated carbocycles. The van der Waals surface area contributed by atoms with Crippen LogP contribution in [0.1, 0.15) is 28.8 Å². The van der Waals surface area contributed by atoms with Crippen molar-refractivity contribution in [3.63, 3.8) is 0 Å². The molecule has 3 aromatic rings. The van der Waals surface area contributed by atoms with Gasteiger partial charge in [-0.15, -0.1) is 11.3 Å². The van der Waals surface area contributed by atoms with Gasteiger partial charge in [0.25, 0.3) is 0 Å². The van der Waals surface area contributed by atoms with E-state index in [1.54, 1.807) is 42.6 Å². The number of sulfonamides is 1. The summed E-state index contributed by atoms with van der Waals surface area (Å²) in [5, 5.41) is 4.64. The number of carbonyl (C=O) groups excluding carboxylic acids is 1. The third kappa shape index (κ3) is 5.75. The van der Waals surface area contributed by atoms with E-state index in [-0.39, 0.29) is 16.7 Å². The Kier molecular flexibility index (Phi) is 7.40. The first kappa shape index (κ1) is 24.2. The largest absolute Gasteiger partial charge is 0.302 e. The average molecular weight is 524 g/mol. The van der Waals surface area contributed by atoms with Gasteiger partial charge in [-0.3, -0.25) is 4.79 Å².